The number of amides is 1. The zero-order valence-corrected chi connectivity index (χ0v) is 14.8. The number of anilines is 1. The lowest BCUT2D eigenvalue weighted by molar-refractivity contribution is -0.119. The second-order valence-corrected chi connectivity index (χ2v) is 7.49. The van der Waals surface area contributed by atoms with Crippen molar-refractivity contribution in [3.8, 4) is 0 Å². The number of hydrogen-bond donors (Lipinski definition) is 1. The number of ether oxygens (including phenoxy) is 1. The average Bonchev–Trinajstić information content (AvgIpc) is 2.99. The summed E-state index contributed by atoms with van der Waals surface area (Å²) in [6, 6.07) is 5.80. The van der Waals surface area contributed by atoms with Gasteiger partial charge in [-0.05, 0) is 18.2 Å². The Kier molecular flexibility index (Phi) is 5.55. The molecule has 0 fully saturated rings. The van der Waals surface area contributed by atoms with Crippen molar-refractivity contribution in [3.63, 3.8) is 0 Å². The number of aromatic nitrogens is 2. The summed E-state index contributed by atoms with van der Waals surface area (Å²) < 4.78 is 31.6. The smallest absolute Gasteiger partial charge is 0.341 e. The van der Waals surface area contributed by atoms with Crippen LogP contribution in [0.1, 0.15) is 10.4 Å². The Bertz CT molecular complexity index is 889. The fourth-order valence-electron chi connectivity index (χ4n) is 1.88. The summed E-state index contributed by atoms with van der Waals surface area (Å²) in [7, 11) is 0.874. The second kappa shape index (κ2) is 7.45. The summed E-state index contributed by atoms with van der Waals surface area (Å²) in [5.41, 5.74) is 0.514. The predicted molar refractivity (Wildman–Crippen MR) is 89.4 cm³/mol. The van der Waals surface area contributed by atoms with Crippen LogP contribution in [-0.4, -0.2) is 55.1 Å². The van der Waals surface area contributed by atoms with Crippen LogP contribution >= 0.6 is 0 Å². The molecule has 0 spiro atoms. The fourth-order valence-corrected chi connectivity index (χ4v) is 2.83. The molecule has 1 aromatic carbocycles. The lowest BCUT2D eigenvalue weighted by Gasteiger charge is -2.12. The van der Waals surface area contributed by atoms with E-state index in [9.17, 15) is 18.0 Å². The summed E-state index contributed by atoms with van der Waals surface area (Å²) in [6.07, 6.45) is 2.80. The Morgan fingerprint density at radius 2 is 2.04 bits per heavy atom. The van der Waals surface area contributed by atoms with Crippen molar-refractivity contribution in [2.75, 3.05) is 26.0 Å². The number of nitrogens with one attached hydrogen (secondary N) is 1. The van der Waals surface area contributed by atoms with E-state index in [0.29, 0.717) is 0 Å². The largest absolute Gasteiger partial charge is 0.452 e. The van der Waals surface area contributed by atoms with Crippen LogP contribution in [0.25, 0.3) is 0 Å². The normalized spacial score (nSPS) is 11.4. The molecular weight excluding hydrogens is 348 g/mol. The number of aryl methyl sites for hydroxylation is 1. The van der Waals surface area contributed by atoms with Crippen LogP contribution in [0, 0.1) is 0 Å². The van der Waals surface area contributed by atoms with Gasteiger partial charge in [0.15, 0.2) is 6.61 Å². The van der Waals surface area contributed by atoms with E-state index in [2.05, 4.69) is 10.4 Å². The number of hydrogen-bond acceptors (Lipinski definition) is 6. The van der Waals surface area contributed by atoms with Gasteiger partial charge in [0.1, 0.15) is 0 Å². The van der Waals surface area contributed by atoms with Crippen molar-refractivity contribution in [2.45, 2.75) is 4.90 Å². The van der Waals surface area contributed by atoms with Crippen LogP contribution in [0.2, 0.25) is 0 Å². The van der Waals surface area contributed by atoms with Crippen molar-refractivity contribution in [1.82, 2.24) is 14.1 Å². The van der Waals surface area contributed by atoms with E-state index in [0.717, 1.165) is 4.31 Å². The molecule has 0 unspecified atom stereocenters. The van der Waals surface area contributed by atoms with Crippen LogP contribution in [0.5, 0.6) is 0 Å². The highest BCUT2D eigenvalue weighted by atomic mass is 32.2. The lowest BCUT2D eigenvalue weighted by atomic mass is 10.3. The molecule has 1 aromatic heterocycles. The molecule has 0 aliphatic rings. The molecule has 9 nitrogen and oxygen atoms in total. The van der Waals surface area contributed by atoms with Gasteiger partial charge in [0, 0.05) is 33.0 Å². The standard InChI is InChI=1S/C15H18N4O5S/c1-18(2)25(22,23)13-6-4-5-12(7-13)17-14(20)10-24-15(21)11-8-16-19(3)9-11/h4-9H,10H2,1-3H3,(H,17,20). The monoisotopic (exact) mass is 366 g/mol. The van der Waals surface area contributed by atoms with Crippen LogP contribution in [-0.2, 0) is 26.6 Å². The van der Waals surface area contributed by atoms with Crippen molar-refractivity contribution >= 4 is 27.6 Å². The van der Waals surface area contributed by atoms with Gasteiger partial charge in [-0.1, -0.05) is 6.07 Å². The zero-order valence-electron chi connectivity index (χ0n) is 14.0. The molecule has 10 heteroatoms. The third kappa shape index (κ3) is 4.64. The quantitative estimate of drug-likeness (QED) is 0.744. The topological polar surface area (TPSA) is 111 Å². The van der Waals surface area contributed by atoms with Crippen molar-refractivity contribution < 1.29 is 22.7 Å². The van der Waals surface area contributed by atoms with Gasteiger partial charge in [0.2, 0.25) is 10.0 Å². The van der Waals surface area contributed by atoms with E-state index >= 15 is 0 Å². The van der Waals surface area contributed by atoms with Crippen molar-refractivity contribution in [2.24, 2.45) is 7.05 Å². The number of benzene rings is 1. The number of nitrogens with zero attached hydrogens (tertiary/aromatic N) is 3. The first-order chi connectivity index (χ1) is 11.7. The third-order valence-electron chi connectivity index (χ3n) is 3.17. The summed E-state index contributed by atoms with van der Waals surface area (Å²) in [6.45, 7) is -0.502. The van der Waals surface area contributed by atoms with E-state index in [1.54, 1.807) is 7.05 Å². The highest BCUT2D eigenvalue weighted by molar-refractivity contribution is 7.89. The van der Waals surface area contributed by atoms with E-state index in [4.69, 9.17) is 4.74 Å². The minimum atomic E-state index is -3.61. The molecule has 1 amide bonds. The van der Waals surface area contributed by atoms with E-state index in [-0.39, 0.29) is 16.1 Å². The minimum absolute atomic E-state index is 0.0441. The first-order valence-electron chi connectivity index (χ1n) is 7.18. The molecule has 0 aliphatic carbocycles. The molecule has 0 saturated carbocycles. The first-order valence-corrected chi connectivity index (χ1v) is 8.62. The molecule has 2 aromatic rings. The van der Waals surface area contributed by atoms with Gasteiger partial charge in [-0.15, -0.1) is 0 Å². The van der Waals surface area contributed by atoms with Gasteiger partial charge in [0.05, 0.1) is 16.7 Å². The SMILES string of the molecule is CN(C)S(=O)(=O)c1cccc(NC(=O)COC(=O)c2cnn(C)c2)c1. The summed E-state index contributed by atoms with van der Waals surface area (Å²) in [4.78, 5) is 23.7. The van der Waals surface area contributed by atoms with E-state index < -0.39 is 28.5 Å². The Balaban J connectivity index is 1.98. The molecule has 0 aliphatic heterocycles. The number of carbonyl (C=O) groups excluding carboxylic acids is 2. The van der Waals surface area contributed by atoms with Gasteiger partial charge in [-0.2, -0.15) is 5.10 Å². The van der Waals surface area contributed by atoms with Gasteiger partial charge >= 0.3 is 5.97 Å². The molecule has 0 atom stereocenters. The third-order valence-corrected chi connectivity index (χ3v) is 4.98. The van der Waals surface area contributed by atoms with Crippen molar-refractivity contribution in [1.29, 1.82) is 0 Å². The number of esters is 1. The number of rotatable bonds is 6. The highest BCUT2D eigenvalue weighted by Gasteiger charge is 2.18. The van der Waals surface area contributed by atoms with Gasteiger partial charge in [-0.25, -0.2) is 17.5 Å². The van der Waals surface area contributed by atoms with Gasteiger partial charge in [0.25, 0.3) is 5.91 Å². The summed E-state index contributed by atoms with van der Waals surface area (Å²) in [5.74, 6) is -1.26. The Morgan fingerprint density at radius 1 is 1.32 bits per heavy atom. The summed E-state index contributed by atoms with van der Waals surface area (Å²) >= 11 is 0. The van der Waals surface area contributed by atoms with Crippen LogP contribution < -0.4 is 5.32 Å². The molecule has 0 radical (unpaired) electrons. The second-order valence-electron chi connectivity index (χ2n) is 5.34. The highest BCUT2D eigenvalue weighted by Crippen LogP contribution is 2.17. The minimum Gasteiger partial charge on any atom is -0.452 e. The average molecular weight is 366 g/mol. The Labute approximate surface area is 145 Å². The van der Waals surface area contributed by atoms with Crippen LogP contribution in [0.15, 0.2) is 41.6 Å². The predicted octanol–water partition coefficient (Wildman–Crippen LogP) is 0.466. The molecule has 134 valence electrons. The molecular formula is C15H18N4O5S. The Hall–Kier alpha value is -2.72. The maximum absolute atomic E-state index is 12.1. The molecule has 1 heterocycles. The number of carbonyl (C=O) groups is 2. The molecule has 0 bridgehead atoms. The van der Waals surface area contributed by atoms with E-state index in [1.807, 2.05) is 0 Å². The van der Waals surface area contributed by atoms with Gasteiger partial charge < -0.3 is 10.1 Å². The molecule has 0 saturated heterocycles. The fraction of sp³-hybridized carbons (Fsp3) is 0.267. The summed E-state index contributed by atoms with van der Waals surface area (Å²) in [5, 5.41) is 6.32. The lowest BCUT2D eigenvalue weighted by Crippen LogP contribution is -2.23. The van der Waals surface area contributed by atoms with Crippen molar-refractivity contribution in [3.05, 3.63) is 42.2 Å². The first kappa shape index (κ1) is 18.6. The Morgan fingerprint density at radius 3 is 2.64 bits per heavy atom. The maximum atomic E-state index is 12.1. The maximum Gasteiger partial charge on any atom is 0.341 e. The number of sulfonamides is 1. The zero-order chi connectivity index (χ0) is 18.6. The van der Waals surface area contributed by atoms with E-state index in [1.165, 1.54) is 55.4 Å². The molecule has 25 heavy (non-hydrogen) atoms. The molecule has 1 N–H and O–H groups in total. The van der Waals surface area contributed by atoms with Crippen LogP contribution in [0.4, 0.5) is 5.69 Å². The molecule has 2 rings (SSSR count). The van der Waals surface area contributed by atoms with Crippen LogP contribution in [0.3, 0.4) is 0 Å². The van der Waals surface area contributed by atoms with Gasteiger partial charge in [-0.3, -0.25) is 9.48 Å².